The van der Waals surface area contributed by atoms with E-state index in [4.69, 9.17) is 8.83 Å². The second-order valence-corrected chi connectivity index (χ2v) is 4.85. The van der Waals surface area contributed by atoms with Crippen LogP contribution < -0.4 is 5.32 Å². The van der Waals surface area contributed by atoms with Crippen molar-refractivity contribution >= 4 is 11.0 Å². The fourth-order valence-corrected chi connectivity index (χ4v) is 2.46. The molecular formula is C16H17NO2. The van der Waals surface area contributed by atoms with E-state index >= 15 is 0 Å². The first-order valence-electron chi connectivity index (χ1n) is 6.40. The number of fused-ring (bicyclic) bond motifs is 1. The van der Waals surface area contributed by atoms with Crippen LogP contribution >= 0.6 is 0 Å². The zero-order valence-corrected chi connectivity index (χ0v) is 11.4. The fraction of sp³-hybridized carbons (Fsp3) is 0.250. The number of benzene rings is 1. The van der Waals surface area contributed by atoms with Crippen molar-refractivity contribution in [2.75, 3.05) is 7.05 Å². The van der Waals surface area contributed by atoms with E-state index in [1.54, 1.807) is 6.26 Å². The summed E-state index contributed by atoms with van der Waals surface area (Å²) in [7, 11) is 1.92. The molecule has 3 rings (SSSR count). The van der Waals surface area contributed by atoms with Gasteiger partial charge in [-0.2, -0.15) is 0 Å². The highest BCUT2D eigenvalue weighted by molar-refractivity contribution is 5.81. The van der Waals surface area contributed by atoms with Crippen LogP contribution in [0.5, 0.6) is 0 Å². The SMILES string of the molecule is CNC(c1coc(C)c1)c1cc2cccc(C)c2o1. The van der Waals surface area contributed by atoms with E-state index in [-0.39, 0.29) is 6.04 Å². The summed E-state index contributed by atoms with van der Waals surface area (Å²) >= 11 is 0. The highest BCUT2D eigenvalue weighted by atomic mass is 16.3. The molecule has 1 aromatic carbocycles. The highest BCUT2D eigenvalue weighted by Gasteiger charge is 2.19. The Morgan fingerprint density at radius 2 is 2.00 bits per heavy atom. The summed E-state index contributed by atoms with van der Waals surface area (Å²) in [6.45, 7) is 4.00. The molecule has 0 aliphatic carbocycles. The summed E-state index contributed by atoms with van der Waals surface area (Å²) < 4.78 is 11.4. The molecule has 0 radical (unpaired) electrons. The molecule has 1 atom stereocenters. The molecule has 3 nitrogen and oxygen atoms in total. The van der Waals surface area contributed by atoms with Gasteiger partial charge in [-0.05, 0) is 38.6 Å². The van der Waals surface area contributed by atoms with Crippen molar-refractivity contribution in [3.8, 4) is 0 Å². The van der Waals surface area contributed by atoms with Gasteiger partial charge in [0.05, 0.1) is 12.3 Å². The number of aryl methyl sites for hydroxylation is 2. The van der Waals surface area contributed by atoms with E-state index < -0.39 is 0 Å². The topological polar surface area (TPSA) is 38.3 Å². The van der Waals surface area contributed by atoms with Gasteiger partial charge in [0.25, 0.3) is 0 Å². The van der Waals surface area contributed by atoms with Gasteiger partial charge < -0.3 is 14.2 Å². The molecule has 3 heteroatoms. The van der Waals surface area contributed by atoms with Gasteiger partial charge in [-0.3, -0.25) is 0 Å². The van der Waals surface area contributed by atoms with Crippen molar-refractivity contribution in [2.24, 2.45) is 0 Å². The number of para-hydroxylation sites is 1. The van der Waals surface area contributed by atoms with Crippen LogP contribution in [0.1, 0.15) is 28.7 Å². The fourth-order valence-electron chi connectivity index (χ4n) is 2.46. The van der Waals surface area contributed by atoms with Crippen molar-refractivity contribution < 1.29 is 8.83 Å². The lowest BCUT2D eigenvalue weighted by atomic mass is 10.1. The Labute approximate surface area is 112 Å². The predicted molar refractivity (Wildman–Crippen MR) is 75.3 cm³/mol. The van der Waals surface area contributed by atoms with E-state index in [0.717, 1.165) is 33.6 Å². The van der Waals surface area contributed by atoms with E-state index in [0.29, 0.717) is 0 Å². The summed E-state index contributed by atoms with van der Waals surface area (Å²) in [4.78, 5) is 0. The minimum Gasteiger partial charge on any atom is -0.469 e. The summed E-state index contributed by atoms with van der Waals surface area (Å²) in [5.41, 5.74) is 3.19. The molecule has 0 saturated carbocycles. The third-order valence-electron chi connectivity index (χ3n) is 3.42. The van der Waals surface area contributed by atoms with Crippen molar-refractivity contribution in [1.29, 1.82) is 0 Å². The standard InChI is InChI=1S/C16H17NO2/c1-10-5-4-6-12-8-14(19-16(10)12)15(17-3)13-7-11(2)18-9-13/h4-9,15,17H,1-3H3. The number of hydrogen-bond donors (Lipinski definition) is 1. The van der Waals surface area contributed by atoms with Crippen LogP contribution in [0.2, 0.25) is 0 Å². The average Bonchev–Trinajstić information content (AvgIpc) is 2.98. The van der Waals surface area contributed by atoms with Crippen LogP contribution in [0.15, 0.2) is 45.4 Å². The van der Waals surface area contributed by atoms with Gasteiger partial charge in [0.2, 0.25) is 0 Å². The Morgan fingerprint density at radius 3 is 2.63 bits per heavy atom. The molecule has 1 N–H and O–H groups in total. The molecule has 0 saturated heterocycles. The van der Waals surface area contributed by atoms with Crippen molar-refractivity contribution in [3.63, 3.8) is 0 Å². The third kappa shape index (κ3) is 2.06. The zero-order valence-electron chi connectivity index (χ0n) is 11.4. The van der Waals surface area contributed by atoms with Crippen LogP contribution in [0.25, 0.3) is 11.0 Å². The monoisotopic (exact) mass is 255 g/mol. The maximum absolute atomic E-state index is 6.01. The van der Waals surface area contributed by atoms with Gasteiger partial charge in [0.15, 0.2) is 0 Å². The van der Waals surface area contributed by atoms with E-state index in [9.17, 15) is 0 Å². The molecule has 19 heavy (non-hydrogen) atoms. The lowest BCUT2D eigenvalue weighted by Gasteiger charge is -2.10. The molecule has 0 spiro atoms. The minimum atomic E-state index is 0.0178. The normalized spacial score (nSPS) is 13.0. The van der Waals surface area contributed by atoms with Crippen molar-refractivity contribution in [3.05, 3.63) is 59.2 Å². The minimum absolute atomic E-state index is 0.0178. The second kappa shape index (κ2) is 4.59. The first-order chi connectivity index (χ1) is 9.19. The molecule has 98 valence electrons. The lowest BCUT2D eigenvalue weighted by molar-refractivity contribution is 0.482. The van der Waals surface area contributed by atoms with E-state index in [1.165, 1.54) is 0 Å². The number of rotatable bonds is 3. The summed E-state index contributed by atoms with van der Waals surface area (Å²) in [6.07, 6.45) is 1.77. The summed E-state index contributed by atoms with van der Waals surface area (Å²) in [6, 6.07) is 10.3. The molecule has 0 bridgehead atoms. The number of hydrogen-bond acceptors (Lipinski definition) is 3. The molecule has 1 unspecified atom stereocenters. The predicted octanol–water partition coefficient (Wildman–Crippen LogP) is 3.95. The maximum atomic E-state index is 6.01. The first kappa shape index (κ1) is 12.1. The average molecular weight is 255 g/mol. The van der Waals surface area contributed by atoms with Gasteiger partial charge in [-0.25, -0.2) is 0 Å². The van der Waals surface area contributed by atoms with Gasteiger partial charge in [-0.15, -0.1) is 0 Å². The van der Waals surface area contributed by atoms with Crippen molar-refractivity contribution in [1.82, 2.24) is 5.32 Å². The molecule has 2 heterocycles. The Morgan fingerprint density at radius 1 is 1.16 bits per heavy atom. The van der Waals surface area contributed by atoms with Crippen molar-refractivity contribution in [2.45, 2.75) is 19.9 Å². The molecule has 0 fully saturated rings. The molecular weight excluding hydrogens is 238 g/mol. The lowest BCUT2D eigenvalue weighted by Crippen LogP contribution is -2.16. The number of nitrogens with one attached hydrogen (secondary N) is 1. The second-order valence-electron chi connectivity index (χ2n) is 4.85. The Hall–Kier alpha value is -2.00. The van der Waals surface area contributed by atoms with Crippen LogP contribution in [-0.2, 0) is 0 Å². The Balaban J connectivity index is 2.09. The molecule has 0 aliphatic rings. The number of furan rings is 2. The highest BCUT2D eigenvalue weighted by Crippen LogP contribution is 2.30. The smallest absolute Gasteiger partial charge is 0.137 e. The third-order valence-corrected chi connectivity index (χ3v) is 3.42. The van der Waals surface area contributed by atoms with Crippen LogP contribution in [0.4, 0.5) is 0 Å². The largest absolute Gasteiger partial charge is 0.469 e. The Kier molecular flexibility index (Phi) is 2.91. The first-order valence-corrected chi connectivity index (χ1v) is 6.40. The van der Waals surface area contributed by atoms with Gasteiger partial charge >= 0.3 is 0 Å². The molecule has 0 amide bonds. The van der Waals surface area contributed by atoms with E-state index in [1.807, 2.05) is 26.1 Å². The summed E-state index contributed by atoms with van der Waals surface area (Å²) in [5.74, 6) is 1.81. The summed E-state index contributed by atoms with van der Waals surface area (Å²) in [5, 5.41) is 4.41. The van der Waals surface area contributed by atoms with Gasteiger partial charge in [0.1, 0.15) is 17.1 Å². The molecule has 2 aromatic heterocycles. The molecule has 0 aliphatic heterocycles. The van der Waals surface area contributed by atoms with Crippen LogP contribution in [0.3, 0.4) is 0 Å². The molecule has 3 aromatic rings. The van der Waals surface area contributed by atoms with E-state index in [2.05, 4.69) is 30.4 Å². The Bertz CT molecular complexity index is 708. The van der Waals surface area contributed by atoms with Gasteiger partial charge in [0, 0.05) is 10.9 Å². The zero-order chi connectivity index (χ0) is 13.4. The quantitative estimate of drug-likeness (QED) is 0.770. The van der Waals surface area contributed by atoms with Crippen LogP contribution in [0, 0.1) is 13.8 Å². The van der Waals surface area contributed by atoms with Gasteiger partial charge in [-0.1, -0.05) is 18.2 Å². The van der Waals surface area contributed by atoms with Crippen LogP contribution in [-0.4, -0.2) is 7.05 Å². The maximum Gasteiger partial charge on any atom is 0.137 e.